The normalized spacial score (nSPS) is 26.3. The molecule has 5 aliphatic heterocycles. The SMILES string of the molecule is C#Cc1c(F)ccc2cc(OC(=O)CN(C)C)cc(-c3nc4c5c(nc(OC[C@@]67CCCN6C[C@H](F)C7)nc5c3F)N3C[C@H]5CC[C@H](N5)[C@H]3CO4)c12. The van der Waals surface area contributed by atoms with E-state index in [0.29, 0.717) is 36.1 Å². The topological polar surface area (TPSA) is 105 Å². The Labute approximate surface area is 298 Å². The van der Waals surface area contributed by atoms with E-state index in [1.165, 1.54) is 18.2 Å². The molecule has 2 aromatic heterocycles. The molecule has 270 valence electrons. The number of ether oxygens (including phenoxy) is 3. The number of pyridine rings is 1. The molecule has 2 aromatic carbocycles. The lowest BCUT2D eigenvalue weighted by Crippen LogP contribution is -2.60. The monoisotopic (exact) mass is 713 g/mol. The molecule has 1 N–H and O–H groups in total. The van der Waals surface area contributed by atoms with Gasteiger partial charge in [0.2, 0.25) is 5.88 Å². The van der Waals surface area contributed by atoms with Crippen molar-refractivity contribution in [2.24, 2.45) is 0 Å². The third-order valence-corrected chi connectivity index (χ3v) is 11.3. The van der Waals surface area contributed by atoms with Crippen molar-refractivity contribution < 1.29 is 32.2 Å². The fraction of sp³-hybridized carbons (Fsp3) is 0.474. The summed E-state index contributed by atoms with van der Waals surface area (Å²) >= 11 is 0. The second-order valence-corrected chi connectivity index (χ2v) is 14.9. The molecule has 4 fully saturated rings. The van der Waals surface area contributed by atoms with E-state index in [-0.39, 0.29) is 83.2 Å². The van der Waals surface area contributed by atoms with Crippen molar-refractivity contribution in [3.8, 4) is 41.2 Å². The number of rotatable bonds is 7. The number of anilines is 1. The van der Waals surface area contributed by atoms with Crippen molar-refractivity contribution in [2.45, 2.75) is 61.9 Å². The van der Waals surface area contributed by atoms with Gasteiger partial charge < -0.3 is 24.4 Å². The fourth-order valence-corrected chi connectivity index (χ4v) is 9.03. The minimum absolute atomic E-state index is 0.00511. The molecule has 4 saturated heterocycles. The van der Waals surface area contributed by atoms with E-state index in [4.69, 9.17) is 30.6 Å². The molecule has 7 heterocycles. The molecule has 0 unspecified atom stereocenters. The number of fused-ring (bicyclic) bond motifs is 7. The molecule has 5 aliphatic rings. The third-order valence-electron chi connectivity index (χ3n) is 11.3. The van der Waals surface area contributed by atoms with Crippen LogP contribution in [0.15, 0.2) is 24.3 Å². The fourth-order valence-electron chi connectivity index (χ4n) is 9.03. The van der Waals surface area contributed by atoms with Gasteiger partial charge in [0.05, 0.1) is 23.7 Å². The number of piperazine rings is 1. The molecule has 0 amide bonds. The Morgan fingerprint density at radius 1 is 1.17 bits per heavy atom. The van der Waals surface area contributed by atoms with E-state index in [1.54, 1.807) is 25.1 Å². The number of carbonyl (C=O) groups excluding carboxylic acids is 1. The number of benzene rings is 2. The molecule has 0 spiro atoms. The molecule has 11 nitrogen and oxygen atoms in total. The van der Waals surface area contributed by atoms with E-state index in [9.17, 15) is 9.18 Å². The Morgan fingerprint density at radius 2 is 2.04 bits per heavy atom. The van der Waals surface area contributed by atoms with E-state index in [1.807, 2.05) is 0 Å². The Morgan fingerprint density at radius 3 is 2.87 bits per heavy atom. The molecule has 0 aliphatic carbocycles. The van der Waals surface area contributed by atoms with Crippen molar-refractivity contribution in [2.75, 3.05) is 58.4 Å². The number of halogens is 3. The lowest BCUT2D eigenvalue weighted by atomic mass is 9.95. The van der Waals surface area contributed by atoms with Gasteiger partial charge in [0.25, 0.3) is 0 Å². The van der Waals surface area contributed by atoms with Gasteiger partial charge in [-0.15, -0.1) is 6.42 Å². The van der Waals surface area contributed by atoms with Gasteiger partial charge in [-0.25, -0.2) is 18.2 Å². The quantitative estimate of drug-likeness (QED) is 0.169. The summed E-state index contributed by atoms with van der Waals surface area (Å²) in [4.78, 5) is 33.0. The summed E-state index contributed by atoms with van der Waals surface area (Å²) < 4.78 is 65.7. The average molecular weight is 714 g/mol. The molecule has 2 bridgehead atoms. The number of carbonyl (C=O) groups is 1. The predicted molar refractivity (Wildman–Crippen MR) is 187 cm³/mol. The van der Waals surface area contributed by atoms with Gasteiger partial charge in [0, 0.05) is 42.5 Å². The maximum absolute atomic E-state index is 17.4. The number of hydrogen-bond acceptors (Lipinski definition) is 11. The lowest BCUT2D eigenvalue weighted by Gasteiger charge is -2.40. The number of hydrogen-bond donors (Lipinski definition) is 1. The Bertz CT molecular complexity index is 2180. The van der Waals surface area contributed by atoms with Crippen LogP contribution in [0.25, 0.3) is 32.9 Å². The number of nitrogens with one attached hydrogen (secondary N) is 1. The first-order valence-electron chi connectivity index (χ1n) is 17.8. The summed E-state index contributed by atoms with van der Waals surface area (Å²) in [6, 6.07) is 5.88. The van der Waals surface area contributed by atoms with Crippen molar-refractivity contribution in [3.63, 3.8) is 0 Å². The molecule has 52 heavy (non-hydrogen) atoms. The number of aromatic nitrogens is 3. The van der Waals surface area contributed by atoms with Crippen molar-refractivity contribution in [1.29, 1.82) is 0 Å². The van der Waals surface area contributed by atoms with Crippen molar-refractivity contribution >= 4 is 33.5 Å². The highest BCUT2D eigenvalue weighted by Crippen LogP contribution is 2.46. The summed E-state index contributed by atoms with van der Waals surface area (Å²) in [5.74, 6) is 1.03. The highest BCUT2D eigenvalue weighted by atomic mass is 19.1. The van der Waals surface area contributed by atoms with Gasteiger partial charge in [-0.05, 0) is 69.9 Å². The number of alkyl halides is 1. The van der Waals surface area contributed by atoms with E-state index in [2.05, 4.69) is 26.0 Å². The van der Waals surface area contributed by atoms with Crippen LogP contribution in [-0.2, 0) is 4.79 Å². The second kappa shape index (κ2) is 12.5. The molecule has 5 atom stereocenters. The molecule has 9 rings (SSSR count). The highest BCUT2D eigenvalue weighted by Gasteiger charge is 2.50. The van der Waals surface area contributed by atoms with Crippen LogP contribution in [0.1, 0.15) is 37.7 Å². The number of likely N-dealkylation sites (N-methyl/N-ethyl adjacent to an activating group) is 1. The zero-order valence-corrected chi connectivity index (χ0v) is 28.9. The van der Waals surface area contributed by atoms with Crippen LogP contribution in [0, 0.1) is 24.0 Å². The zero-order chi connectivity index (χ0) is 35.9. The van der Waals surface area contributed by atoms with Crippen molar-refractivity contribution in [1.82, 2.24) is 30.1 Å². The van der Waals surface area contributed by atoms with Crippen LogP contribution >= 0.6 is 0 Å². The lowest BCUT2D eigenvalue weighted by molar-refractivity contribution is -0.135. The first-order chi connectivity index (χ1) is 25.1. The summed E-state index contributed by atoms with van der Waals surface area (Å²) in [6.07, 6.45) is 8.90. The molecule has 0 saturated carbocycles. The van der Waals surface area contributed by atoms with Crippen LogP contribution in [0.2, 0.25) is 0 Å². The summed E-state index contributed by atoms with van der Waals surface area (Å²) in [7, 11) is 3.46. The molecule has 4 aromatic rings. The molecule has 14 heteroatoms. The van der Waals surface area contributed by atoms with Gasteiger partial charge in [0.1, 0.15) is 53.4 Å². The van der Waals surface area contributed by atoms with Gasteiger partial charge in [-0.1, -0.05) is 12.0 Å². The van der Waals surface area contributed by atoms with Gasteiger partial charge in [-0.3, -0.25) is 14.6 Å². The predicted octanol–water partition coefficient (Wildman–Crippen LogP) is 4.23. The van der Waals surface area contributed by atoms with Crippen LogP contribution < -0.4 is 24.4 Å². The number of terminal acetylenes is 1. The van der Waals surface area contributed by atoms with Gasteiger partial charge in [-0.2, -0.15) is 9.97 Å². The molecule has 0 radical (unpaired) electrons. The maximum atomic E-state index is 17.4. The second-order valence-electron chi connectivity index (χ2n) is 14.9. The summed E-state index contributed by atoms with van der Waals surface area (Å²) in [6.45, 7) is 2.17. The first-order valence-corrected chi connectivity index (χ1v) is 17.8. The highest BCUT2D eigenvalue weighted by molar-refractivity contribution is 6.04. The van der Waals surface area contributed by atoms with Crippen LogP contribution in [0.5, 0.6) is 17.6 Å². The third kappa shape index (κ3) is 5.40. The maximum Gasteiger partial charge on any atom is 0.325 e. The minimum atomic E-state index is -0.945. The smallest absolute Gasteiger partial charge is 0.325 e. The zero-order valence-electron chi connectivity index (χ0n) is 28.9. The average Bonchev–Trinajstić information content (AvgIpc) is 3.75. The van der Waals surface area contributed by atoms with Crippen LogP contribution in [0.3, 0.4) is 0 Å². The Kier molecular flexibility index (Phi) is 7.94. The molecular weight excluding hydrogens is 675 g/mol. The van der Waals surface area contributed by atoms with Gasteiger partial charge in [0.15, 0.2) is 5.82 Å². The number of nitrogens with zero attached hydrogens (tertiary/aromatic N) is 6. The van der Waals surface area contributed by atoms with E-state index in [0.717, 1.165) is 32.2 Å². The van der Waals surface area contributed by atoms with Crippen molar-refractivity contribution in [3.05, 3.63) is 41.5 Å². The van der Waals surface area contributed by atoms with Crippen LogP contribution in [0.4, 0.5) is 19.0 Å². The largest absolute Gasteiger partial charge is 0.475 e. The van der Waals surface area contributed by atoms with E-state index >= 15 is 8.78 Å². The van der Waals surface area contributed by atoms with Crippen LogP contribution in [-0.4, -0.2) is 114 Å². The Hall–Kier alpha value is -4.71. The van der Waals surface area contributed by atoms with Gasteiger partial charge >= 0.3 is 12.0 Å². The standard InChI is InChI=1S/C38H38F3N7O4/c1-4-24-26(40)8-6-20-12-23(52-29(49)17-46(2)3)13-25(30(20)24)33-32(41)34-31-35(48-16-22-7-9-27(42-22)28(48)18-50-36(31)43-33)45-37(44-34)51-19-38-10-5-11-47(38)15-21(39)14-38/h1,6,8,12-13,21-22,27-28,42H,5,7,9-11,14-19H2,2-3H3/t21-,22-,27+,28-,38+/m1/s1. The first kappa shape index (κ1) is 33.1. The summed E-state index contributed by atoms with van der Waals surface area (Å²) in [5, 5.41) is 4.60. The summed E-state index contributed by atoms with van der Waals surface area (Å²) in [5.41, 5.74) is -0.780. The minimum Gasteiger partial charge on any atom is -0.475 e. The van der Waals surface area contributed by atoms with E-state index < -0.39 is 29.3 Å². The Balaban J connectivity index is 1.23. The number of esters is 1. The molecular formula is C38H38F3N7O4.